The number of benzene rings is 2. The molecule has 2 heterocycles. The summed E-state index contributed by atoms with van der Waals surface area (Å²) in [5.41, 5.74) is 3.42. The van der Waals surface area contributed by atoms with Crippen molar-refractivity contribution < 1.29 is 9.50 Å². The Morgan fingerprint density at radius 3 is 2.64 bits per heavy atom. The summed E-state index contributed by atoms with van der Waals surface area (Å²) in [5, 5.41) is 10.7. The van der Waals surface area contributed by atoms with E-state index in [0.717, 1.165) is 50.2 Å². The molecule has 0 unspecified atom stereocenters. The van der Waals surface area contributed by atoms with Crippen LogP contribution in [0.15, 0.2) is 60.8 Å². The van der Waals surface area contributed by atoms with E-state index in [9.17, 15) is 9.50 Å². The van der Waals surface area contributed by atoms with E-state index in [0.29, 0.717) is 0 Å². The molecule has 1 aliphatic rings. The molecule has 2 aromatic carbocycles. The summed E-state index contributed by atoms with van der Waals surface area (Å²) in [5.74, 6) is -0.204. The molecule has 3 aromatic rings. The fourth-order valence-corrected chi connectivity index (χ4v) is 4.09. The van der Waals surface area contributed by atoms with E-state index in [2.05, 4.69) is 39.0 Å². The standard InChI is InChI=1S/C23H26FN3O/c24-21-8-6-18(7-9-21)15-27-13-12-26(17-22(27)10-14-28)16-20-4-1-3-19-5-2-11-25-23(19)20/h1-9,11,22,28H,10,12-17H2/t22-/m1/s1. The summed E-state index contributed by atoms with van der Waals surface area (Å²) in [6.45, 7) is 4.63. The number of hydrogen-bond donors (Lipinski definition) is 1. The van der Waals surface area contributed by atoms with Gasteiger partial charge in [0.15, 0.2) is 0 Å². The molecule has 0 radical (unpaired) electrons. The van der Waals surface area contributed by atoms with E-state index in [1.54, 1.807) is 0 Å². The van der Waals surface area contributed by atoms with Gasteiger partial charge in [0, 0.05) is 57.0 Å². The van der Waals surface area contributed by atoms with Gasteiger partial charge in [-0.15, -0.1) is 0 Å². The number of aromatic nitrogens is 1. The highest BCUT2D eigenvalue weighted by Gasteiger charge is 2.27. The van der Waals surface area contributed by atoms with Crippen LogP contribution >= 0.6 is 0 Å². The maximum Gasteiger partial charge on any atom is 0.123 e. The molecule has 1 aromatic heterocycles. The predicted octanol–water partition coefficient (Wildman–Crippen LogP) is 3.44. The van der Waals surface area contributed by atoms with Gasteiger partial charge in [-0.3, -0.25) is 14.8 Å². The molecular formula is C23H26FN3O. The largest absolute Gasteiger partial charge is 0.396 e. The molecule has 1 saturated heterocycles. The van der Waals surface area contributed by atoms with Crippen molar-refractivity contribution in [2.75, 3.05) is 26.2 Å². The van der Waals surface area contributed by atoms with Gasteiger partial charge in [0.2, 0.25) is 0 Å². The number of halogens is 1. The minimum Gasteiger partial charge on any atom is -0.396 e. The lowest BCUT2D eigenvalue weighted by atomic mass is 10.0. The highest BCUT2D eigenvalue weighted by atomic mass is 19.1. The second-order valence-electron chi connectivity index (χ2n) is 7.49. The van der Waals surface area contributed by atoms with Crippen LogP contribution in [0.25, 0.3) is 10.9 Å². The van der Waals surface area contributed by atoms with Gasteiger partial charge in [0.25, 0.3) is 0 Å². The van der Waals surface area contributed by atoms with Gasteiger partial charge in [-0.05, 0) is 35.7 Å². The topological polar surface area (TPSA) is 39.6 Å². The van der Waals surface area contributed by atoms with Crippen molar-refractivity contribution in [1.29, 1.82) is 0 Å². The van der Waals surface area contributed by atoms with Gasteiger partial charge in [-0.25, -0.2) is 4.39 Å². The molecule has 146 valence electrons. The summed E-state index contributed by atoms with van der Waals surface area (Å²) in [6, 6.07) is 17.4. The molecule has 1 N–H and O–H groups in total. The van der Waals surface area contributed by atoms with Crippen molar-refractivity contribution in [2.24, 2.45) is 0 Å². The molecule has 4 rings (SSSR count). The number of aliphatic hydroxyl groups is 1. The van der Waals surface area contributed by atoms with Crippen molar-refractivity contribution in [3.63, 3.8) is 0 Å². The second-order valence-corrected chi connectivity index (χ2v) is 7.49. The van der Waals surface area contributed by atoms with Crippen molar-refractivity contribution in [3.05, 3.63) is 77.7 Å². The maximum absolute atomic E-state index is 13.2. The molecule has 1 atom stereocenters. The van der Waals surface area contributed by atoms with Crippen LogP contribution in [-0.2, 0) is 13.1 Å². The van der Waals surface area contributed by atoms with Crippen LogP contribution in [0, 0.1) is 5.82 Å². The van der Waals surface area contributed by atoms with Crippen molar-refractivity contribution >= 4 is 10.9 Å². The fourth-order valence-electron chi connectivity index (χ4n) is 4.09. The lowest BCUT2D eigenvalue weighted by Crippen LogP contribution is -2.52. The molecule has 1 aliphatic heterocycles. The van der Waals surface area contributed by atoms with Gasteiger partial charge in [-0.2, -0.15) is 0 Å². The smallest absolute Gasteiger partial charge is 0.123 e. The van der Waals surface area contributed by atoms with Crippen LogP contribution < -0.4 is 0 Å². The Labute approximate surface area is 165 Å². The Morgan fingerprint density at radius 1 is 1.00 bits per heavy atom. The van der Waals surface area contributed by atoms with E-state index < -0.39 is 0 Å². The number of hydrogen-bond acceptors (Lipinski definition) is 4. The third-order valence-electron chi connectivity index (χ3n) is 5.56. The van der Waals surface area contributed by atoms with Gasteiger partial charge in [0.1, 0.15) is 5.82 Å². The first-order valence-corrected chi connectivity index (χ1v) is 9.87. The van der Waals surface area contributed by atoms with E-state index >= 15 is 0 Å². The first-order valence-electron chi connectivity index (χ1n) is 9.87. The van der Waals surface area contributed by atoms with Crippen LogP contribution in [0.4, 0.5) is 4.39 Å². The molecular weight excluding hydrogens is 353 g/mol. The van der Waals surface area contributed by atoms with E-state index in [1.165, 1.54) is 23.1 Å². The summed E-state index contributed by atoms with van der Waals surface area (Å²) >= 11 is 0. The third-order valence-corrected chi connectivity index (χ3v) is 5.56. The minimum atomic E-state index is -0.204. The Kier molecular flexibility index (Phi) is 5.95. The van der Waals surface area contributed by atoms with Crippen LogP contribution in [0.2, 0.25) is 0 Å². The monoisotopic (exact) mass is 379 g/mol. The lowest BCUT2D eigenvalue weighted by Gasteiger charge is -2.41. The van der Waals surface area contributed by atoms with Gasteiger partial charge >= 0.3 is 0 Å². The first kappa shape index (κ1) is 19.0. The van der Waals surface area contributed by atoms with Crippen LogP contribution in [0.1, 0.15) is 17.5 Å². The zero-order valence-electron chi connectivity index (χ0n) is 16.0. The molecule has 0 amide bonds. The third kappa shape index (κ3) is 4.38. The molecule has 1 fully saturated rings. The molecule has 0 bridgehead atoms. The molecule has 0 saturated carbocycles. The predicted molar refractivity (Wildman–Crippen MR) is 109 cm³/mol. The normalized spacial score (nSPS) is 18.6. The number of aliphatic hydroxyl groups excluding tert-OH is 1. The highest BCUT2D eigenvalue weighted by molar-refractivity contribution is 5.81. The van der Waals surface area contributed by atoms with E-state index in [-0.39, 0.29) is 18.5 Å². The maximum atomic E-state index is 13.2. The van der Waals surface area contributed by atoms with Crippen LogP contribution in [0.5, 0.6) is 0 Å². The molecule has 4 nitrogen and oxygen atoms in total. The number of fused-ring (bicyclic) bond motifs is 1. The van der Waals surface area contributed by atoms with Gasteiger partial charge < -0.3 is 5.11 Å². The SMILES string of the molecule is OCC[C@@H]1CN(Cc2cccc3cccnc23)CCN1Cc1ccc(F)cc1. The van der Waals surface area contributed by atoms with Gasteiger partial charge in [0.05, 0.1) is 5.52 Å². The number of pyridine rings is 1. The van der Waals surface area contributed by atoms with E-state index in [4.69, 9.17) is 0 Å². The Hall–Kier alpha value is -2.34. The summed E-state index contributed by atoms with van der Waals surface area (Å²) in [4.78, 5) is 9.43. The zero-order chi connectivity index (χ0) is 19.3. The average molecular weight is 379 g/mol. The first-order chi connectivity index (χ1) is 13.7. The van der Waals surface area contributed by atoms with Crippen molar-refractivity contribution in [3.8, 4) is 0 Å². The Balaban J connectivity index is 1.45. The molecule has 5 heteroatoms. The fraction of sp³-hybridized carbons (Fsp3) is 0.348. The second kappa shape index (κ2) is 8.78. The van der Waals surface area contributed by atoms with Crippen LogP contribution in [0.3, 0.4) is 0 Å². The number of para-hydroxylation sites is 1. The summed E-state index contributed by atoms with van der Waals surface area (Å²) in [7, 11) is 0. The van der Waals surface area contributed by atoms with E-state index in [1.807, 2.05) is 24.4 Å². The summed E-state index contributed by atoms with van der Waals surface area (Å²) < 4.78 is 13.2. The molecule has 28 heavy (non-hydrogen) atoms. The zero-order valence-corrected chi connectivity index (χ0v) is 16.0. The average Bonchev–Trinajstić information content (AvgIpc) is 2.72. The van der Waals surface area contributed by atoms with Crippen molar-refractivity contribution in [1.82, 2.24) is 14.8 Å². The molecule has 0 aliphatic carbocycles. The highest BCUT2D eigenvalue weighted by Crippen LogP contribution is 2.22. The Morgan fingerprint density at radius 2 is 1.82 bits per heavy atom. The lowest BCUT2D eigenvalue weighted by molar-refractivity contribution is 0.0501. The minimum absolute atomic E-state index is 0.175. The number of rotatable bonds is 6. The van der Waals surface area contributed by atoms with Crippen LogP contribution in [-0.4, -0.2) is 52.2 Å². The van der Waals surface area contributed by atoms with Gasteiger partial charge in [-0.1, -0.05) is 36.4 Å². The number of nitrogens with zero attached hydrogens (tertiary/aromatic N) is 3. The quantitative estimate of drug-likeness (QED) is 0.712. The van der Waals surface area contributed by atoms with Crippen molar-refractivity contribution in [2.45, 2.75) is 25.6 Å². The Bertz CT molecular complexity index is 910. The summed E-state index contributed by atoms with van der Waals surface area (Å²) in [6.07, 6.45) is 2.59. The number of piperazine rings is 1. The molecule has 0 spiro atoms.